The van der Waals surface area contributed by atoms with Gasteiger partial charge < -0.3 is 10.0 Å². The second kappa shape index (κ2) is 12.3. The van der Waals surface area contributed by atoms with E-state index in [0.29, 0.717) is 17.9 Å². The van der Waals surface area contributed by atoms with Gasteiger partial charge in [0.1, 0.15) is 6.04 Å². The van der Waals surface area contributed by atoms with Crippen molar-refractivity contribution in [2.45, 2.75) is 69.9 Å². The van der Waals surface area contributed by atoms with Crippen LogP contribution in [-0.2, 0) is 4.79 Å². The zero-order valence-corrected chi connectivity index (χ0v) is 23.9. The number of carboxylic acid groups (broad SMARTS) is 1. The lowest BCUT2D eigenvalue weighted by Gasteiger charge is -2.36. The normalized spacial score (nSPS) is 24.3. The van der Waals surface area contributed by atoms with Crippen LogP contribution in [0.5, 0.6) is 0 Å². The van der Waals surface area contributed by atoms with E-state index in [1.807, 2.05) is 0 Å². The number of benzene rings is 2. The third-order valence-corrected chi connectivity index (χ3v) is 9.76. The largest absolute Gasteiger partial charge is 0.480 e. The van der Waals surface area contributed by atoms with Crippen LogP contribution >= 0.6 is 0 Å². The first-order chi connectivity index (χ1) is 19.6. The summed E-state index contributed by atoms with van der Waals surface area (Å²) in [6.45, 7) is 6.96. The highest BCUT2D eigenvalue weighted by Gasteiger charge is 2.43. The maximum atomic E-state index is 12.6. The molecule has 2 aromatic carbocycles. The number of carbonyl (C=O) groups is 1. The van der Waals surface area contributed by atoms with E-state index >= 15 is 0 Å². The average Bonchev–Trinajstić information content (AvgIpc) is 3.58. The van der Waals surface area contributed by atoms with Crippen LogP contribution in [0, 0.1) is 18.8 Å². The van der Waals surface area contributed by atoms with Crippen molar-refractivity contribution < 1.29 is 9.90 Å². The summed E-state index contributed by atoms with van der Waals surface area (Å²) >= 11 is 0. The van der Waals surface area contributed by atoms with E-state index in [1.54, 1.807) is 0 Å². The maximum Gasteiger partial charge on any atom is 0.321 e. The van der Waals surface area contributed by atoms with E-state index < -0.39 is 5.97 Å². The van der Waals surface area contributed by atoms with Gasteiger partial charge in [0.15, 0.2) is 0 Å². The van der Waals surface area contributed by atoms with Crippen LogP contribution in [0.25, 0.3) is 11.3 Å². The van der Waals surface area contributed by atoms with Gasteiger partial charge in [0.25, 0.3) is 0 Å². The van der Waals surface area contributed by atoms with Crippen LogP contribution in [-0.4, -0.2) is 69.4 Å². The summed E-state index contributed by atoms with van der Waals surface area (Å²) in [5.41, 5.74) is 4.88. The number of carboxylic acids is 1. The molecule has 0 spiro atoms. The molecular formula is C34H44N4O2. The molecule has 6 rings (SSSR count). The lowest BCUT2D eigenvalue weighted by atomic mass is 9.83. The van der Waals surface area contributed by atoms with Crippen molar-refractivity contribution in [2.24, 2.45) is 11.8 Å². The number of aromatic nitrogens is 2. The van der Waals surface area contributed by atoms with E-state index in [9.17, 15) is 9.90 Å². The van der Waals surface area contributed by atoms with E-state index in [0.717, 1.165) is 64.1 Å². The maximum absolute atomic E-state index is 12.6. The first-order valence-electron chi connectivity index (χ1n) is 15.4. The molecule has 1 aliphatic carbocycles. The summed E-state index contributed by atoms with van der Waals surface area (Å²) in [6.07, 6.45) is 7.88. The Morgan fingerprint density at radius 1 is 0.925 bits per heavy atom. The molecule has 1 N–H and O–H groups in total. The van der Waals surface area contributed by atoms with E-state index in [1.165, 1.54) is 36.1 Å². The minimum Gasteiger partial charge on any atom is -0.480 e. The summed E-state index contributed by atoms with van der Waals surface area (Å²) in [4.78, 5) is 17.5. The van der Waals surface area contributed by atoms with Crippen LogP contribution in [0.1, 0.15) is 68.2 Å². The monoisotopic (exact) mass is 540 g/mol. The fraction of sp³-hybridized carbons (Fsp3) is 0.529. The molecule has 3 heterocycles. The van der Waals surface area contributed by atoms with Crippen molar-refractivity contribution in [3.8, 4) is 11.3 Å². The number of hydrogen-bond donors (Lipinski definition) is 1. The zero-order chi connectivity index (χ0) is 27.5. The molecule has 0 bridgehead atoms. The fourth-order valence-electron chi connectivity index (χ4n) is 7.80. The van der Waals surface area contributed by atoms with Gasteiger partial charge in [0, 0.05) is 38.6 Å². The third kappa shape index (κ3) is 5.89. The van der Waals surface area contributed by atoms with E-state index in [-0.39, 0.29) is 12.0 Å². The molecule has 0 radical (unpaired) electrons. The first kappa shape index (κ1) is 27.2. The van der Waals surface area contributed by atoms with Crippen LogP contribution in [0.3, 0.4) is 0 Å². The average molecular weight is 541 g/mol. The van der Waals surface area contributed by atoms with Gasteiger partial charge in [-0.15, -0.1) is 0 Å². The lowest BCUT2D eigenvalue weighted by molar-refractivity contribution is -0.145. The van der Waals surface area contributed by atoms with Crippen LogP contribution in [0.4, 0.5) is 0 Å². The standard InChI is InChI=1S/C34H44N4O2/c1-25-21-32(27-13-7-3-8-14-27)38(35-25)30-17-19-36(20-18-30)22-29-23-37(24-31(29)26-11-5-2-6-12-26)33(34(39)40)28-15-9-4-10-16-28/h2-3,5-8,11-14,21,28-31,33H,4,9-10,15-20,22-24H2,1H3,(H,39,40)/t29-,31+,33+/m0/s1. The predicted octanol–water partition coefficient (Wildman–Crippen LogP) is 6.24. The van der Waals surface area contributed by atoms with E-state index in [2.05, 4.69) is 88.1 Å². The highest BCUT2D eigenvalue weighted by molar-refractivity contribution is 5.74. The number of hydrogen-bond acceptors (Lipinski definition) is 4. The number of rotatable bonds is 8. The van der Waals surface area contributed by atoms with Crippen LogP contribution in [0.15, 0.2) is 66.7 Å². The summed E-state index contributed by atoms with van der Waals surface area (Å²) < 4.78 is 2.27. The van der Waals surface area contributed by atoms with Crippen molar-refractivity contribution in [3.05, 3.63) is 78.0 Å². The highest BCUT2D eigenvalue weighted by Crippen LogP contribution is 2.39. The summed E-state index contributed by atoms with van der Waals surface area (Å²) in [5.74, 6) is 0.483. The number of nitrogens with zero attached hydrogens (tertiary/aromatic N) is 4. The Bertz CT molecular complexity index is 1250. The summed E-state index contributed by atoms with van der Waals surface area (Å²) in [6, 6.07) is 23.7. The topological polar surface area (TPSA) is 61.6 Å². The van der Waals surface area contributed by atoms with Crippen molar-refractivity contribution in [3.63, 3.8) is 0 Å². The third-order valence-electron chi connectivity index (χ3n) is 9.76. The molecular weight excluding hydrogens is 496 g/mol. The van der Waals surface area contributed by atoms with Crippen LogP contribution < -0.4 is 0 Å². The fourth-order valence-corrected chi connectivity index (χ4v) is 7.80. The summed E-state index contributed by atoms with van der Waals surface area (Å²) in [5, 5.41) is 15.3. The number of aryl methyl sites for hydroxylation is 1. The highest BCUT2D eigenvalue weighted by atomic mass is 16.4. The molecule has 3 aliphatic rings. The quantitative estimate of drug-likeness (QED) is 0.366. The molecule has 3 fully saturated rings. The minimum atomic E-state index is -0.621. The molecule has 2 saturated heterocycles. The Kier molecular flexibility index (Phi) is 8.35. The first-order valence-corrected chi connectivity index (χ1v) is 15.4. The Labute approximate surface area is 239 Å². The van der Waals surface area contributed by atoms with Crippen molar-refractivity contribution in [1.82, 2.24) is 19.6 Å². The van der Waals surface area contributed by atoms with Gasteiger partial charge in [0.2, 0.25) is 0 Å². The molecule has 0 unspecified atom stereocenters. The number of piperidine rings is 1. The molecule has 1 aromatic heterocycles. The second-order valence-electron chi connectivity index (χ2n) is 12.4. The van der Waals surface area contributed by atoms with Gasteiger partial charge in [0.05, 0.1) is 17.4 Å². The molecule has 3 atom stereocenters. The van der Waals surface area contributed by atoms with Crippen molar-refractivity contribution >= 4 is 5.97 Å². The number of aliphatic carboxylic acids is 1. The minimum absolute atomic E-state index is 0.286. The smallest absolute Gasteiger partial charge is 0.321 e. The van der Waals surface area contributed by atoms with Gasteiger partial charge in [-0.05, 0) is 61.6 Å². The Hall–Kier alpha value is -2.96. The molecule has 6 heteroatoms. The Morgan fingerprint density at radius 3 is 2.27 bits per heavy atom. The van der Waals surface area contributed by atoms with Crippen molar-refractivity contribution in [1.29, 1.82) is 0 Å². The van der Waals surface area contributed by atoms with Gasteiger partial charge in [-0.3, -0.25) is 14.4 Å². The van der Waals surface area contributed by atoms with Gasteiger partial charge in [-0.1, -0.05) is 79.9 Å². The SMILES string of the molecule is Cc1cc(-c2ccccc2)n(C2CCN(C[C@H]3CN([C@@H](C(=O)O)C4CCCCC4)C[C@@H]3c3ccccc3)CC2)n1. The van der Waals surface area contributed by atoms with Gasteiger partial charge >= 0.3 is 5.97 Å². The molecule has 3 aromatic rings. The second-order valence-corrected chi connectivity index (χ2v) is 12.4. The lowest BCUT2D eigenvalue weighted by Crippen LogP contribution is -2.46. The van der Waals surface area contributed by atoms with Gasteiger partial charge in [-0.25, -0.2) is 0 Å². The molecule has 212 valence electrons. The molecule has 1 saturated carbocycles. The zero-order valence-electron chi connectivity index (χ0n) is 23.9. The molecule has 2 aliphatic heterocycles. The predicted molar refractivity (Wildman–Crippen MR) is 159 cm³/mol. The van der Waals surface area contributed by atoms with E-state index in [4.69, 9.17) is 5.10 Å². The molecule has 6 nitrogen and oxygen atoms in total. The van der Waals surface area contributed by atoms with Crippen LogP contribution in [0.2, 0.25) is 0 Å². The molecule has 40 heavy (non-hydrogen) atoms. The summed E-state index contributed by atoms with van der Waals surface area (Å²) in [7, 11) is 0. The Morgan fingerprint density at radius 2 is 1.60 bits per heavy atom. The molecule has 0 amide bonds. The van der Waals surface area contributed by atoms with Crippen molar-refractivity contribution in [2.75, 3.05) is 32.7 Å². The van der Waals surface area contributed by atoms with Gasteiger partial charge in [-0.2, -0.15) is 5.10 Å². The Balaban J connectivity index is 1.15. The number of likely N-dealkylation sites (tertiary alicyclic amines) is 2.